The van der Waals surface area contributed by atoms with E-state index in [-0.39, 0.29) is 0 Å². The van der Waals surface area contributed by atoms with E-state index in [0.29, 0.717) is 6.61 Å². The molecule has 1 aromatic heterocycles. The molecular weight excluding hydrogens is 178 g/mol. The molecular formula is C11H13NO2. The molecule has 1 heterocycles. The Morgan fingerprint density at radius 3 is 2.86 bits per heavy atom. The molecule has 1 N–H and O–H groups in total. The Morgan fingerprint density at radius 1 is 1.29 bits per heavy atom. The summed E-state index contributed by atoms with van der Waals surface area (Å²) in [5.41, 5.74) is 1.06. The van der Waals surface area contributed by atoms with Gasteiger partial charge in [-0.3, -0.25) is 0 Å². The van der Waals surface area contributed by atoms with Crippen molar-refractivity contribution < 1.29 is 9.47 Å². The number of H-pyrrole nitrogens is 1. The average molecular weight is 191 g/mol. The normalized spacial score (nSPS) is 10.4. The van der Waals surface area contributed by atoms with E-state index in [1.807, 2.05) is 31.2 Å². The molecule has 0 amide bonds. The monoisotopic (exact) mass is 191 g/mol. The zero-order chi connectivity index (χ0) is 9.97. The molecule has 2 aromatic rings. The maximum atomic E-state index is 5.37. The molecule has 2 rings (SSSR count). The van der Waals surface area contributed by atoms with E-state index in [4.69, 9.17) is 9.47 Å². The average Bonchev–Trinajstić information content (AvgIpc) is 2.59. The standard InChI is InChI=1S/C11H13NO2/c1-3-14-11-7-8-6-9(13-2)4-5-10(8)12-11/h4-7,12H,3H2,1-2H3. The van der Waals surface area contributed by atoms with Gasteiger partial charge in [-0.05, 0) is 25.1 Å². The Balaban J connectivity index is 2.43. The van der Waals surface area contributed by atoms with E-state index in [1.54, 1.807) is 7.11 Å². The van der Waals surface area contributed by atoms with Crippen molar-refractivity contribution in [2.75, 3.05) is 13.7 Å². The van der Waals surface area contributed by atoms with Gasteiger partial charge in [0.2, 0.25) is 0 Å². The highest BCUT2D eigenvalue weighted by molar-refractivity contribution is 5.82. The summed E-state index contributed by atoms with van der Waals surface area (Å²) in [4.78, 5) is 3.17. The fourth-order valence-corrected chi connectivity index (χ4v) is 1.44. The predicted molar refractivity (Wildman–Crippen MR) is 56.0 cm³/mol. The van der Waals surface area contributed by atoms with Gasteiger partial charge in [0, 0.05) is 17.0 Å². The summed E-state index contributed by atoms with van der Waals surface area (Å²) < 4.78 is 10.5. The van der Waals surface area contributed by atoms with Gasteiger partial charge < -0.3 is 14.5 Å². The lowest BCUT2D eigenvalue weighted by Crippen LogP contribution is -1.89. The SMILES string of the molecule is CCOc1cc2cc(OC)ccc2[nH]1. The smallest absolute Gasteiger partial charge is 0.191 e. The zero-order valence-electron chi connectivity index (χ0n) is 8.33. The van der Waals surface area contributed by atoms with Crippen LogP contribution in [0, 0.1) is 0 Å². The number of fused-ring (bicyclic) bond motifs is 1. The quantitative estimate of drug-likeness (QED) is 0.809. The number of hydrogen-bond acceptors (Lipinski definition) is 2. The van der Waals surface area contributed by atoms with Gasteiger partial charge in [0.1, 0.15) is 5.75 Å². The number of aromatic nitrogens is 1. The van der Waals surface area contributed by atoms with E-state index < -0.39 is 0 Å². The van der Waals surface area contributed by atoms with Crippen molar-refractivity contribution in [3.8, 4) is 11.6 Å². The summed E-state index contributed by atoms with van der Waals surface area (Å²) in [6.07, 6.45) is 0. The first kappa shape index (κ1) is 8.94. The van der Waals surface area contributed by atoms with Crippen LogP contribution in [0.3, 0.4) is 0 Å². The lowest BCUT2D eigenvalue weighted by molar-refractivity contribution is 0.329. The van der Waals surface area contributed by atoms with E-state index in [0.717, 1.165) is 22.5 Å². The minimum Gasteiger partial charge on any atom is -0.497 e. The van der Waals surface area contributed by atoms with Crippen LogP contribution in [0.25, 0.3) is 10.9 Å². The molecule has 1 aromatic carbocycles. The summed E-state index contributed by atoms with van der Waals surface area (Å²) in [5, 5.41) is 1.10. The highest BCUT2D eigenvalue weighted by Gasteiger charge is 2.01. The van der Waals surface area contributed by atoms with Crippen molar-refractivity contribution in [1.82, 2.24) is 4.98 Å². The third-order valence-electron chi connectivity index (χ3n) is 2.10. The molecule has 0 atom stereocenters. The Morgan fingerprint density at radius 2 is 2.14 bits per heavy atom. The van der Waals surface area contributed by atoms with Crippen LogP contribution in [-0.4, -0.2) is 18.7 Å². The van der Waals surface area contributed by atoms with Crippen LogP contribution in [0.5, 0.6) is 11.6 Å². The van der Waals surface area contributed by atoms with Crippen molar-refractivity contribution in [2.45, 2.75) is 6.92 Å². The first-order valence-electron chi connectivity index (χ1n) is 4.63. The van der Waals surface area contributed by atoms with Crippen LogP contribution in [0.4, 0.5) is 0 Å². The van der Waals surface area contributed by atoms with Crippen LogP contribution in [-0.2, 0) is 0 Å². The molecule has 0 radical (unpaired) electrons. The molecule has 0 aliphatic rings. The summed E-state index contributed by atoms with van der Waals surface area (Å²) in [6.45, 7) is 2.63. The van der Waals surface area contributed by atoms with Crippen molar-refractivity contribution in [1.29, 1.82) is 0 Å². The largest absolute Gasteiger partial charge is 0.497 e. The van der Waals surface area contributed by atoms with E-state index >= 15 is 0 Å². The Bertz CT molecular complexity index is 434. The topological polar surface area (TPSA) is 34.2 Å². The second kappa shape index (κ2) is 3.62. The molecule has 3 nitrogen and oxygen atoms in total. The van der Waals surface area contributed by atoms with Crippen LogP contribution in [0.15, 0.2) is 24.3 Å². The molecule has 74 valence electrons. The second-order valence-electron chi connectivity index (χ2n) is 3.02. The van der Waals surface area contributed by atoms with Gasteiger partial charge >= 0.3 is 0 Å². The number of hydrogen-bond donors (Lipinski definition) is 1. The van der Waals surface area contributed by atoms with E-state index in [9.17, 15) is 0 Å². The first-order valence-corrected chi connectivity index (χ1v) is 4.63. The number of ether oxygens (including phenoxy) is 2. The third-order valence-corrected chi connectivity index (χ3v) is 2.10. The Kier molecular flexibility index (Phi) is 2.31. The number of benzene rings is 1. The number of methoxy groups -OCH3 is 1. The summed E-state index contributed by atoms with van der Waals surface area (Å²) in [6, 6.07) is 7.86. The summed E-state index contributed by atoms with van der Waals surface area (Å²) >= 11 is 0. The molecule has 0 saturated heterocycles. The van der Waals surface area contributed by atoms with Crippen molar-refractivity contribution in [2.24, 2.45) is 0 Å². The van der Waals surface area contributed by atoms with Gasteiger partial charge in [-0.15, -0.1) is 0 Å². The minimum absolute atomic E-state index is 0.671. The fourth-order valence-electron chi connectivity index (χ4n) is 1.44. The van der Waals surface area contributed by atoms with Crippen LogP contribution in [0.2, 0.25) is 0 Å². The van der Waals surface area contributed by atoms with Gasteiger partial charge in [0.05, 0.1) is 13.7 Å². The molecule has 0 aliphatic carbocycles. The van der Waals surface area contributed by atoms with Crippen molar-refractivity contribution in [3.05, 3.63) is 24.3 Å². The molecule has 14 heavy (non-hydrogen) atoms. The van der Waals surface area contributed by atoms with Gasteiger partial charge in [0.25, 0.3) is 0 Å². The number of nitrogens with one attached hydrogen (secondary N) is 1. The summed E-state index contributed by atoms with van der Waals surface area (Å²) in [7, 11) is 1.66. The second-order valence-corrected chi connectivity index (χ2v) is 3.02. The third kappa shape index (κ3) is 1.53. The maximum absolute atomic E-state index is 5.37. The van der Waals surface area contributed by atoms with E-state index in [2.05, 4.69) is 4.98 Å². The first-order chi connectivity index (χ1) is 6.83. The Hall–Kier alpha value is -1.64. The van der Waals surface area contributed by atoms with Crippen LogP contribution in [0.1, 0.15) is 6.92 Å². The minimum atomic E-state index is 0.671. The van der Waals surface area contributed by atoms with Crippen molar-refractivity contribution >= 4 is 10.9 Å². The predicted octanol–water partition coefficient (Wildman–Crippen LogP) is 2.58. The number of rotatable bonds is 3. The Labute approximate surface area is 82.6 Å². The number of aromatic amines is 1. The molecule has 0 bridgehead atoms. The fraction of sp³-hybridized carbons (Fsp3) is 0.273. The molecule has 0 aliphatic heterocycles. The van der Waals surface area contributed by atoms with E-state index in [1.165, 1.54) is 0 Å². The molecule has 0 unspecified atom stereocenters. The lowest BCUT2D eigenvalue weighted by atomic mass is 10.2. The lowest BCUT2D eigenvalue weighted by Gasteiger charge is -1.97. The van der Waals surface area contributed by atoms with Crippen LogP contribution < -0.4 is 9.47 Å². The van der Waals surface area contributed by atoms with Crippen LogP contribution >= 0.6 is 0 Å². The highest BCUT2D eigenvalue weighted by Crippen LogP contribution is 2.24. The molecule has 0 fully saturated rings. The molecule has 3 heteroatoms. The van der Waals surface area contributed by atoms with Crippen molar-refractivity contribution in [3.63, 3.8) is 0 Å². The van der Waals surface area contributed by atoms with Gasteiger partial charge in [-0.25, -0.2) is 0 Å². The van der Waals surface area contributed by atoms with Gasteiger partial charge in [-0.1, -0.05) is 0 Å². The zero-order valence-corrected chi connectivity index (χ0v) is 8.33. The molecule has 0 spiro atoms. The summed E-state index contributed by atoms with van der Waals surface area (Å²) in [5.74, 6) is 1.66. The van der Waals surface area contributed by atoms with Gasteiger partial charge in [0.15, 0.2) is 5.88 Å². The molecule has 0 saturated carbocycles. The highest BCUT2D eigenvalue weighted by atomic mass is 16.5. The van der Waals surface area contributed by atoms with Gasteiger partial charge in [-0.2, -0.15) is 0 Å². The maximum Gasteiger partial charge on any atom is 0.191 e.